The van der Waals surface area contributed by atoms with Gasteiger partial charge in [0.05, 0.1) is 22.4 Å². The third-order valence-electron chi connectivity index (χ3n) is 10.7. The molecule has 1 saturated heterocycles. The predicted molar refractivity (Wildman–Crippen MR) is 198 cm³/mol. The number of unbranched alkanes of at least 4 members (excludes halogenated alkanes) is 3. The van der Waals surface area contributed by atoms with Crippen LogP contribution in [0.1, 0.15) is 80.7 Å². The molecule has 11 heteroatoms. The average Bonchev–Trinajstić information content (AvgIpc) is 3.41. The summed E-state index contributed by atoms with van der Waals surface area (Å²) in [4.78, 5) is 57.6. The van der Waals surface area contributed by atoms with Gasteiger partial charge in [-0.1, -0.05) is 73.5 Å². The van der Waals surface area contributed by atoms with Crippen LogP contribution in [0.2, 0.25) is 0 Å². The highest BCUT2D eigenvalue weighted by molar-refractivity contribution is 6.21. The van der Waals surface area contributed by atoms with Gasteiger partial charge in [-0.05, 0) is 74.1 Å². The van der Waals surface area contributed by atoms with Crippen molar-refractivity contribution in [3.63, 3.8) is 0 Å². The maximum atomic E-state index is 13.9. The van der Waals surface area contributed by atoms with Crippen LogP contribution in [0.5, 0.6) is 0 Å². The summed E-state index contributed by atoms with van der Waals surface area (Å²) in [6.07, 6.45) is 5.11. The van der Waals surface area contributed by atoms with Crippen LogP contribution in [0, 0.1) is 11.6 Å². The Balaban J connectivity index is 0.940. The summed E-state index contributed by atoms with van der Waals surface area (Å²) < 4.78 is 27.5. The zero-order chi connectivity index (χ0) is 37.0. The molecular weight excluding hydrogens is 676 g/mol. The van der Waals surface area contributed by atoms with Gasteiger partial charge in [-0.2, -0.15) is 0 Å². The zero-order valence-electron chi connectivity index (χ0n) is 29.5. The van der Waals surface area contributed by atoms with E-state index < -0.39 is 23.1 Å². The van der Waals surface area contributed by atoms with Crippen molar-refractivity contribution in [1.82, 2.24) is 20.4 Å². The highest BCUT2D eigenvalue weighted by Gasteiger charge is 2.44. The Morgan fingerprint density at radius 3 is 2.04 bits per heavy atom. The third-order valence-corrected chi connectivity index (χ3v) is 10.7. The molecule has 4 aromatic rings. The van der Waals surface area contributed by atoms with Gasteiger partial charge in [0, 0.05) is 49.9 Å². The number of para-hydroxylation sites is 1. The average molecular weight is 720 g/mol. The van der Waals surface area contributed by atoms with Crippen LogP contribution < -0.4 is 15.5 Å². The van der Waals surface area contributed by atoms with Gasteiger partial charge >= 0.3 is 6.03 Å². The molecule has 0 aromatic heterocycles. The minimum Gasteiger partial charge on any atom is -0.348 e. The fourth-order valence-corrected chi connectivity index (χ4v) is 7.91. The summed E-state index contributed by atoms with van der Waals surface area (Å²) in [5.74, 6) is -2.99. The molecule has 3 aliphatic heterocycles. The number of rotatable bonds is 13. The van der Waals surface area contributed by atoms with E-state index in [1.807, 2.05) is 53.4 Å². The number of fused-ring (bicyclic) bond motifs is 3. The Morgan fingerprint density at radius 2 is 1.36 bits per heavy atom. The minimum atomic E-state index is -1.07. The number of carbonyl (C=O) groups is 4. The standard InChI is InChI=1S/C42H43F2N5O4/c43-35-19-18-30(27-36(35)44)38(50)45-31(26-29-12-4-3-5-13-29)28-47-24-20-42(21-25-47)34-16-8-9-17-37(34)48(41(53)46-42)22-10-1-2-11-23-49-39(51)32-14-6-7-15-33(32)40(49)52/h3-9,12-19,27,31H,1-2,10-11,20-26,28H2,(H,45,50)(H,46,53)/t31-/m0/s1. The fourth-order valence-electron chi connectivity index (χ4n) is 7.91. The second-order valence-corrected chi connectivity index (χ2v) is 14.2. The lowest BCUT2D eigenvalue weighted by Gasteiger charge is -2.48. The first kappa shape index (κ1) is 36.0. The number of benzene rings is 4. The van der Waals surface area contributed by atoms with Crippen LogP contribution in [0.4, 0.5) is 19.3 Å². The Morgan fingerprint density at radius 1 is 0.736 bits per heavy atom. The number of anilines is 1. The van der Waals surface area contributed by atoms with Crippen molar-refractivity contribution in [2.45, 2.75) is 56.5 Å². The molecule has 2 N–H and O–H groups in total. The Kier molecular flexibility index (Phi) is 10.6. The van der Waals surface area contributed by atoms with E-state index in [1.54, 1.807) is 24.3 Å². The van der Waals surface area contributed by atoms with Crippen molar-refractivity contribution < 1.29 is 28.0 Å². The second kappa shape index (κ2) is 15.7. The van der Waals surface area contributed by atoms with E-state index in [1.165, 1.54) is 11.0 Å². The third kappa shape index (κ3) is 7.71. The first-order valence-corrected chi connectivity index (χ1v) is 18.4. The number of halogens is 2. The number of urea groups is 1. The Bertz CT molecular complexity index is 1960. The Labute approximate surface area is 308 Å². The van der Waals surface area contributed by atoms with Gasteiger partial charge in [0.15, 0.2) is 11.6 Å². The molecular formula is C42H43F2N5O4. The molecule has 53 heavy (non-hydrogen) atoms. The van der Waals surface area contributed by atoms with Crippen LogP contribution in [0.15, 0.2) is 97.1 Å². The molecule has 0 radical (unpaired) electrons. The van der Waals surface area contributed by atoms with Crippen LogP contribution in [0.3, 0.4) is 0 Å². The number of hydrogen-bond acceptors (Lipinski definition) is 5. The lowest BCUT2D eigenvalue weighted by molar-refractivity contribution is 0.0651. The molecule has 3 aliphatic rings. The molecule has 4 aromatic carbocycles. The minimum absolute atomic E-state index is 0.0621. The van der Waals surface area contributed by atoms with Gasteiger partial charge in [0.2, 0.25) is 0 Å². The number of imide groups is 1. The number of nitrogens with zero attached hydrogens (tertiary/aromatic N) is 3. The number of piperidine rings is 1. The highest BCUT2D eigenvalue weighted by atomic mass is 19.2. The van der Waals surface area contributed by atoms with E-state index >= 15 is 0 Å². The number of hydrogen-bond donors (Lipinski definition) is 2. The number of carbonyl (C=O) groups excluding carboxylic acids is 4. The maximum Gasteiger partial charge on any atom is 0.322 e. The van der Waals surface area contributed by atoms with E-state index in [0.717, 1.165) is 48.2 Å². The molecule has 7 rings (SSSR count). The van der Waals surface area contributed by atoms with E-state index in [2.05, 4.69) is 21.6 Å². The first-order valence-electron chi connectivity index (χ1n) is 18.4. The first-order chi connectivity index (χ1) is 25.7. The van der Waals surface area contributed by atoms with Crippen LogP contribution in [-0.4, -0.2) is 72.3 Å². The fraction of sp³-hybridized carbons (Fsp3) is 0.333. The summed E-state index contributed by atoms with van der Waals surface area (Å²) >= 11 is 0. The molecule has 1 atom stereocenters. The number of likely N-dealkylation sites (tertiary alicyclic amines) is 1. The molecule has 274 valence electrons. The van der Waals surface area contributed by atoms with Gasteiger partial charge in [-0.15, -0.1) is 0 Å². The van der Waals surface area contributed by atoms with Gasteiger partial charge in [-0.25, -0.2) is 13.6 Å². The molecule has 1 spiro atoms. The molecule has 5 amide bonds. The van der Waals surface area contributed by atoms with Crippen molar-refractivity contribution in [2.75, 3.05) is 37.6 Å². The number of nitrogens with one attached hydrogen (secondary N) is 2. The van der Waals surface area contributed by atoms with Crippen LogP contribution in [-0.2, 0) is 12.0 Å². The topological polar surface area (TPSA) is 102 Å². The lowest BCUT2D eigenvalue weighted by atomic mass is 9.78. The molecule has 0 bridgehead atoms. The lowest BCUT2D eigenvalue weighted by Crippen LogP contribution is -2.61. The van der Waals surface area contributed by atoms with Crippen molar-refractivity contribution >= 4 is 29.4 Å². The second-order valence-electron chi connectivity index (χ2n) is 14.2. The van der Waals surface area contributed by atoms with Crippen molar-refractivity contribution in [3.05, 3.63) is 137 Å². The summed E-state index contributed by atoms with van der Waals surface area (Å²) in [6.45, 7) is 2.86. The number of amides is 5. The van der Waals surface area contributed by atoms with Crippen molar-refractivity contribution in [3.8, 4) is 0 Å². The van der Waals surface area contributed by atoms with Gasteiger partial charge in [0.25, 0.3) is 17.7 Å². The molecule has 0 unspecified atom stereocenters. The predicted octanol–water partition coefficient (Wildman–Crippen LogP) is 6.68. The highest BCUT2D eigenvalue weighted by Crippen LogP contribution is 2.42. The molecule has 9 nitrogen and oxygen atoms in total. The molecule has 0 aliphatic carbocycles. The summed E-state index contributed by atoms with van der Waals surface area (Å²) in [5, 5.41) is 6.42. The van der Waals surface area contributed by atoms with Gasteiger partial charge in [0.1, 0.15) is 0 Å². The summed E-state index contributed by atoms with van der Waals surface area (Å²) in [5.41, 5.74) is 3.54. The van der Waals surface area contributed by atoms with Gasteiger partial charge < -0.3 is 15.5 Å². The maximum absolute atomic E-state index is 13.9. The SMILES string of the molecule is O=C(N[C@@H](Cc1ccccc1)CN1CCC2(CC1)NC(=O)N(CCCCCCN1C(=O)c3ccccc3C1=O)c1ccccc12)c1ccc(F)c(F)c1. The van der Waals surface area contributed by atoms with Crippen molar-refractivity contribution in [2.24, 2.45) is 0 Å². The van der Waals surface area contributed by atoms with Crippen LogP contribution >= 0.6 is 0 Å². The van der Waals surface area contributed by atoms with Crippen LogP contribution in [0.25, 0.3) is 0 Å². The normalized spacial score (nSPS) is 17.1. The van der Waals surface area contributed by atoms with E-state index in [-0.39, 0.29) is 29.5 Å². The smallest absolute Gasteiger partial charge is 0.322 e. The summed E-state index contributed by atoms with van der Waals surface area (Å²) in [7, 11) is 0. The zero-order valence-corrected chi connectivity index (χ0v) is 29.5. The molecule has 3 heterocycles. The van der Waals surface area contributed by atoms with E-state index in [9.17, 15) is 28.0 Å². The quantitative estimate of drug-likeness (QED) is 0.119. The summed E-state index contributed by atoms with van der Waals surface area (Å²) in [6, 6.07) is 27.6. The Hall–Kier alpha value is -5.42. The largest absolute Gasteiger partial charge is 0.348 e. The van der Waals surface area contributed by atoms with E-state index in [0.29, 0.717) is 69.5 Å². The monoisotopic (exact) mass is 719 g/mol. The molecule has 1 fully saturated rings. The molecule has 0 saturated carbocycles. The van der Waals surface area contributed by atoms with E-state index in [4.69, 9.17) is 0 Å². The van der Waals surface area contributed by atoms with Crippen molar-refractivity contribution in [1.29, 1.82) is 0 Å². The van der Waals surface area contributed by atoms with Gasteiger partial charge in [-0.3, -0.25) is 24.2 Å².